The quantitative estimate of drug-likeness (QED) is 0.273. The lowest BCUT2D eigenvalue weighted by atomic mass is 10.1. The zero-order valence-electron chi connectivity index (χ0n) is 20.2. The van der Waals surface area contributed by atoms with Crippen LogP contribution in [0, 0.1) is 0 Å². The van der Waals surface area contributed by atoms with Crippen LogP contribution in [0.5, 0.6) is 5.75 Å². The Morgan fingerprint density at radius 3 is 2.42 bits per heavy atom. The number of para-hydroxylation sites is 1. The highest BCUT2D eigenvalue weighted by Gasteiger charge is 2.34. The van der Waals surface area contributed by atoms with Crippen LogP contribution in [0.4, 0.5) is 24.8 Å². The molecule has 38 heavy (non-hydrogen) atoms. The van der Waals surface area contributed by atoms with E-state index >= 15 is 0 Å². The van der Waals surface area contributed by atoms with Gasteiger partial charge in [-0.2, -0.15) is 18.2 Å². The summed E-state index contributed by atoms with van der Waals surface area (Å²) in [5.41, 5.74) is 2.90. The number of hydrogen-bond acceptors (Lipinski definition) is 5. The van der Waals surface area contributed by atoms with Crippen molar-refractivity contribution < 1.29 is 22.7 Å². The highest BCUT2D eigenvalue weighted by Crippen LogP contribution is 2.36. The Bertz CT molecular complexity index is 1580. The van der Waals surface area contributed by atoms with Gasteiger partial charge in [0.15, 0.2) is 5.65 Å². The fourth-order valence-electron chi connectivity index (χ4n) is 3.99. The maximum absolute atomic E-state index is 13.3. The molecule has 2 N–H and O–H groups in total. The molecule has 7 nitrogen and oxygen atoms in total. The summed E-state index contributed by atoms with van der Waals surface area (Å²) >= 11 is 0. The molecule has 0 unspecified atom stereocenters. The molecule has 0 aliphatic rings. The summed E-state index contributed by atoms with van der Waals surface area (Å²) in [5.74, 6) is -0.227. The first-order valence-electron chi connectivity index (χ1n) is 11.6. The van der Waals surface area contributed by atoms with Gasteiger partial charge in [0.1, 0.15) is 5.75 Å². The van der Waals surface area contributed by atoms with Gasteiger partial charge < -0.3 is 15.4 Å². The molecule has 0 saturated carbocycles. The predicted octanol–water partition coefficient (Wildman–Crippen LogP) is 6.10. The minimum absolute atomic E-state index is 0.0664. The molecule has 1 amide bonds. The van der Waals surface area contributed by atoms with Crippen molar-refractivity contribution in [3.63, 3.8) is 0 Å². The van der Waals surface area contributed by atoms with Crippen molar-refractivity contribution in [3.8, 4) is 17.0 Å². The van der Waals surface area contributed by atoms with Crippen LogP contribution < -0.4 is 15.4 Å². The number of pyridine rings is 1. The number of halogens is 3. The Labute approximate surface area is 215 Å². The van der Waals surface area contributed by atoms with Crippen molar-refractivity contribution in [2.75, 3.05) is 12.4 Å². The van der Waals surface area contributed by atoms with Crippen molar-refractivity contribution in [1.82, 2.24) is 19.9 Å². The summed E-state index contributed by atoms with van der Waals surface area (Å²) in [4.78, 5) is 17.2. The van der Waals surface area contributed by atoms with Crippen molar-refractivity contribution in [2.24, 2.45) is 0 Å². The number of nitrogens with one attached hydrogen (secondary N) is 2. The van der Waals surface area contributed by atoms with E-state index in [1.54, 1.807) is 28.8 Å². The van der Waals surface area contributed by atoms with E-state index in [0.29, 0.717) is 22.7 Å². The number of rotatable bonds is 7. The van der Waals surface area contributed by atoms with Crippen LogP contribution >= 0.6 is 0 Å². The number of ether oxygens (including phenoxy) is 1. The number of fused-ring (bicyclic) bond motifs is 1. The lowest BCUT2D eigenvalue weighted by Gasteiger charge is -2.14. The highest BCUT2D eigenvalue weighted by molar-refractivity contribution is 5.94. The number of nitrogens with zero attached hydrogens (tertiary/aromatic N) is 3. The molecule has 2 aromatic heterocycles. The van der Waals surface area contributed by atoms with Crippen LogP contribution in [-0.2, 0) is 12.7 Å². The molecule has 0 aliphatic carbocycles. The first kappa shape index (κ1) is 24.8. The third kappa shape index (κ3) is 5.29. The number of carbonyl (C=O) groups excluding carboxylic acids is 1. The van der Waals surface area contributed by atoms with Crippen molar-refractivity contribution in [3.05, 3.63) is 108 Å². The molecule has 5 aromatic rings. The lowest BCUT2D eigenvalue weighted by Crippen LogP contribution is -2.23. The van der Waals surface area contributed by atoms with Gasteiger partial charge in [-0.1, -0.05) is 42.5 Å². The monoisotopic (exact) mass is 517 g/mol. The van der Waals surface area contributed by atoms with E-state index < -0.39 is 17.6 Å². The van der Waals surface area contributed by atoms with Crippen molar-refractivity contribution >= 4 is 23.2 Å². The van der Waals surface area contributed by atoms with Gasteiger partial charge in [-0.3, -0.25) is 4.79 Å². The van der Waals surface area contributed by atoms with Crippen LogP contribution in [0.25, 0.3) is 16.9 Å². The largest absolute Gasteiger partial charge is 0.496 e. The molecule has 0 radical (unpaired) electrons. The van der Waals surface area contributed by atoms with E-state index in [2.05, 4.69) is 20.7 Å². The van der Waals surface area contributed by atoms with Gasteiger partial charge >= 0.3 is 6.18 Å². The fraction of sp³-hybridized carbons (Fsp3) is 0.107. The third-order valence-corrected chi connectivity index (χ3v) is 5.85. The number of benzene rings is 3. The zero-order valence-corrected chi connectivity index (χ0v) is 20.2. The van der Waals surface area contributed by atoms with E-state index in [4.69, 9.17) is 4.74 Å². The summed E-state index contributed by atoms with van der Waals surface area (Å²) in [6.07, 6.45) is -4.56. The normalized spacial score (nSPS) is 11.4. The third-order valence-electron chi connectivity index (χ3n) is 5.85. The van der Waals surface area contributed by atoms with Crippen LogP contribution in [0.1, 0.15) is 21.5 Å². The van der Waals surface area contributed by atoms with Gasteiger partial charge in [-0.25, -0.2) is 4.52 Å². The Morgan fingerprint density at radius 1 is 0.947 bits per heavy atom. The van der Waals surface area contributed by atoms with E-state index in [1.165, 1.54) is 19.2 Å². The van der Waals surface area contributed by atoms with Crippen LogP contribution in [0.3, 0.4) is 0 Å². The molecule has 192 valence electrons. The number of amides is 1. The Kier molecular flexibility index (Phi) is 6.69. The topological polar surface area (TPSA) is 80.5 Å². The van der Waals surface area contributed by atoms with Gasteiger partial charge in [0.2, 0.25) is 5.95 Å². The predicted molar refractivity (Wildman–Crippen MR) is 137 cm³/mol. The second-order valence-corrected chi connectivity index (χ2v) is 8.40. The van der Waals surface area contributed by atoms with Crippen LogP contribution in [0.2, 0.25) is 0 Å². The summed E-state index contributed by atoms with van der Waals surface area (Å²) in [6.45, 7) is -0.0664. The van der Waals surface area contributed by atoms with Crippen LogP contribution in [0.15, 0.2) is 91.0 Å². The fourth-order valence-corrected chi connectivity index (χ4v) is 3.99. The molecule has 10 heteroatoms. The van der Waals surface area contributed by atoms with E-state index in [9.17, 15) is 18.0 Å². The second-order valence-electron chi connectivity index (χ2n) is 8.40. The summed E-state index contributed by atoms with van der Waals surface area (Å²) in [7, 11) is 1.18. The van der Waals surface area contributed by atoms with Gasteiger partial charge in [0, 0.05) is 23.4 Å². The average molecular weight is 518 g/mol. The summed E-state index contributed by atoms with van der Waals surface area (Å²) in [5, 5.41) is 10.4. The minimum Gasteiger partial charge on any atom is -0.496 e. The van der Waals surface area contributed by atoms with E-state index in [-0.39, 0.29) is 12.3 Å². The van der Waals surface area contributed by atoms with Crippen molar-refractivity contribution in [1.29, 1.82) is 0 Å². The number of alkyl halides is 3. The number of carbonyl (C=O) groups is 1. The Balaban J connectivity index is 1.30. The Morgan fingerprint density at radius 2 is 1.71 bits per heavy atom. The lowest BCUT2D eigenvalue weighted by molar-refractivity contribution is -0.138. The number of anilines is 2. The summed E-state index contributed by atoms with van der Waals surface area (Å²) < 4.78 is 46.3. The number of aromatic nitrogens is 3. The summed E-state index contributed by atoms with van der Waals surface area (Å²) in [6, 6.07) is 25.8. The molecular weight excluding hydrogens is 495 g/mol. The molecule has 0 fully saturated rings. The number of methoxy groups -OCH3 is 1. The van der Waals surface area contributed by atoms with E-state index in [1.807, 2.05) is 48.5 Å². The zero-order chi connectivity index (χ0) is 26.7. The molecule has 0 aliphatic heterocycles. The SMILES string of the molecule is COc1ccc(CNC(=O)c2ccc(-c3cccc4nc(Nc5ccccc5)nn34)cc2)cc1C(F)(F)F. The molecule has 2 heterocycles. The molecule has 0 saturated heterocycles. The molecular formula is C28H22F3N5O2. The average Bonchev–Trinajstić information content (AvgIpc) is 3.34. The second kappa shape index (κ2) is 10.3. The van der Waals surface area contributed by atoms with E-state index in [0.717, 1.165) is 23.0 Å². The standard InChI is InChI=1S/C28H22F3N5O2/c1-38-24-15-10-18(16-22(24)28(29,30)31)17-32-26(37)20-13-11-19(12-14-20)23-8-5-9-25-34-27(35-36(23)25)33-21-6-3-2-4-7-21/h2-16H,17H2,1H3,(H,32,37)(H,33,35). The molecule has 5 rings (SSSR count). The van der Waals surface area contributed by atoms with Crippen LogP contribution in [-0.4, -0.2) is 27.6 Å². The molecule has 0 bridgehead atoms. The first-order valence-corrected chi connectivity index (χ1v) is 11.6. The smallest absolute Gasteiger partial charge is 0.419 e. The van der Waals surface area contributed by atoms with Gasteiger partial charge in [0.05, 0.1) is 18.4 Å². The maximum atomic E-state index is 13.3. The first-order chi connectivity index (χ1) is 18.3. The minimum atomic E-state index is -4.56. The van der Waals surface area contributed by atoms with Gasteiger partial charge in [-0.05, 0) is 54.1 Å². The molecule has 0 atom stereocenters. The highest BCUT2D eigenvalue weighted by atomic mass is 19.4. The molecule has 0 spiro atoms. The van der Waals surface area contributed by atoms with Gasteiger partial charge in [-0.15, -0.1) is 5.10 Å². The molecule has 3 aromatic carbocycles. The number of hydrogen-bond donors (Lipinski definition) is 2. The van der Waals surface area contributed by atoms with Crippen molar-refractivity contribution in [2.45, 2.75) is 12.7 Å². The Hall–Kier alpha value is -4.86. The maximum Gasteiger partial charge on any atom is 0.419 e. The van der Waals surface area contributed by atoms with Gasteiger partial charge in [0.25, 0.3) is 5.91 Å².